The van der Waals surface area contributed by atoms with Crippen molar-refractivity contribution in [3.8, 4) is 5.75 Å². The van der Waals surface area contributed by atoms with Gasteiger partial charge in [0.05, 0.1) is 4.90 Å². The van der Waals surface area contributed by atoms with Gasteiger partial charge in [0.25, 0.3) is 0 Å². The molecule has 2 aliphatic heterocycles. The fourth-order valence-corrected chi connectivity index (χ4v) is 4.09. The highest BCUT2D eigenvalue weighted by Crippen LogP contribution is 2.31. The Labute approximate surface area is 113 Å². The average Bonchev–Trinajstić information content (AvgIpc) is 2.78. The Morgan fingerprint density at radius 2 is 2.05 bits per heavy atom. The van der Waals surface area contributed by atoms with Crippen molar-refractivity contribution in [2.45, 2.75) is 24.3 Å². The number of hydrogen-bond acceptors (Lipinski definition) is 4. The van der Waals surface area contributed by atoms with Crippen LogP contribution in [0, 0.1) is 0 Å². The van der Waals surface area contributed by atoms with Gasteiger partial charge in [-0.1, -0.05) is 0 Å². The van der Waals surface area contributed by atoms with Crippen LogP contribution in [0.1, 0.15) is 12.5 Å². The Hall–Kier alpha value is -1.11. The molecular weight excluding hydrogens is 264 g/mol. The third kappa shape index (κ3) is 2.35. The molecule has 0 radical (unpaired) electrons. The van der Waals surface area contributed by atoms with E-state index in [0.717, 1.165) is 17.7 Å². The molecule has 0 aliphatic carbocycles. The molecule has 0 spiro atoms. The van der Waals surface area contributed by atoms with Crippen LogP contribution < -0.4 is 10.1 Å². The van der Waals surface area contributed by atoms with Crippen molar-refractivity contribution in [1.82, 2.24) is 9.62 Å². The molecule has 1 N–H and O–H groups in total. The number of piperazine rings is 1. The third-order valence-corrected chi connectivity index (χ3v) is 5.48. The van der Waals surface area contributed by atoms with Crippen LogP contribution in [0.5, 0.6) is 5.75 Å². The number of hydrogen-bond donors (Lipinski definition) is 1. The number of fused-ring (bicyclic) bond motifs is 1. The molecule has 0 bridgehead atoms. The van der Waals surface area contributed by atoms with Gasteiger partial charge < -0.3 is 10.1 Å². The first-order chi connectivity index (χ1) is 9.07. The van der Waals surface area contributed by atoms with Crippen LogP contribution >= 0.6 is 0 Å². The monoisotopic (exact) mass is 282 g/mol. The van der Waals surface area contributed by atoms with E-state index in [2.05, 4.69) is 5.32 Å². The smallest absolute Gasteiger partial charge is 0.243 e. The molecule has 104 valence electrons. The van der Waals surface area contributed by atoms with Gasteiger partial charge in [0.15, 0.2) is 0 Å². The third-order valence-electron chi connectivity index (χ3n) is 3.58. The summed E-state index contributed by atoms with van der Waals surface area (Å²) in [4.78, 5) is 0.380. The van der Waals surface area contributed by atoms with Gasteiger partial charge in [-0.05, 0) is 30.7 Å². The number of rotatable bonds is 2. The minimum absolute atomic E-state index is 0.132. The lowest BCUT2D eigenvalue weighted by Gasteiger charge is -2.26. The zero-order valence-electron chi connectivity index (χ0n) is 10.9. The molecule has 2 heterocycles. The van der Waals surface area contributed by atoms with Gasteiger partial charge in [-0.3, -0.25) is 0 Å². The summed E-state index contributed by atoms with van der Waals surface area (Å²) in [5.74, 6) is 0.812. The van der Waals surface area contributed by atoms with Crippen LogP contribution in [-0.4, -0.2) is 45.0 Å². The first-order valence-corrected chi connectivity index (χ1v) is 8.02. The van der Waals surface area contributed by atoms with E-state index in [1.165, 1.54) is 0 Å². The molecule has 1 fully saturated rings. The highest BCUT2D eigenvalue weighted by Gasteiger charge is 2.28. The van der Waals surface area contributed by atoms with Gasteiger partial charge in [0.1, 0.15) is 11.9 Å². The van der Waals surface area contributed by atoms with Gasteiger partial charge in [0.2, 0.25) is 10.0 Å². The lowest BCUT2D eigenvalue weighted by atomic mass is 10.1. The summed E-state index contributed by atoms with van der Waals surface area (Å²) in [7, 11) is -3.36. The normalized spacial score (nSPS) is 23.9. The molecule has 0 saturated carbocycles. The Kier molecular flexibility index (Phi) is 3.24. The standard InChI is InChI=1S/C13H18N2O3S/c1-10-8-11-9-12(2-3-13(11)18-10)19(16,17)15-6-4-14-5-7-15/h2-3,9-10,14H,4-8H2,1H3. The van der Waals surface area contributed by atoms with Gasteiger partial charge in [-0.25, -0.2) is 8.42 Å². The minimum atomic E-state index is -3.36. The van der Waals surface area contributed by atoms with Gasteiger partial charge in [-0.15, -0.1) is 0 Å². The number of sulfonamides is 1. The quantitative estimate of drug-likeness (QED) is 0.863. The maximum atomic E-state index is 12.5. The first kappa shape index (κ1) is 12.9. The highest BCUT2D eigenvalue weighted by atomic mass is 32.2. The van der Waals surface area contributed by atoms with Crippen LogP contribution in [0.3, 0.4) is 0 Å². The zero-order chi connectivity index (χ0) is 13.5. The first-order valence-electron chi connectivity index (χ1n) is 6.58. The number of nitrogens with one attached hydrogen (secondary N) is 1. The summed E-state index contributed by atoms with van der Waals surface area (Å²) < 4.78 is 32.2. The summed E-state index contributed by atoms with van der Waals surface area (Å²) in [6.45, 7) is 4.48. The van der Waals surface area contributed by atoms with Crippen LogP contribution in [0.4, 0.5) is 0 Å². The van der Waals surface area contributed by atoms with Crippen molar-refractivity contribution in [2.75, 3.05) is 26.2 Å². The zero-order valence-corrected chi connectivity index (χ0v) is 11.7. The second-order valence-electron chi connectivity index (χ2n) is 5.06. The number of ether oxygens (including phenoxy) is 1. The summed E-state index contributed by atoms with van der Waals surface area (Å²) in [5.41, 5.74) is 0.990. The Bertz CT molecular complexity index is 580. The van der Waals surface area contributed by atoms with Gasteiger partial charge >= 0.3 is 0 Å². The molecule has 1 unspecified atom stereocenters. The highest BCUT2D eigenvalue weighted by molar-refractivity contribution is 7.89. The topological polar surface area (TPSA) is 58.6 Å². The second-order valence-corrected chi connectivity index (χ2v) is 6.99. The maximum absolute atomic E-state index is 12.5. The Balaban J connectivity index is 1.91. The van der Waals surface area contributed by atoms with E-state index in [9.17, 15) is 8.42 Å². The Morgan fingerprint density at radius 1 is 1.32 bits per heavy atom. The van der Waals surface area contributed by atoms with E-state index in [4.69, 9.17) is 4.74 Å². The largest absolute Gasteiger partial charge is 0.490 e. The molecule has 1 aromatic rings. The molecule has 1 atom stereocenters. The van der Waals surface area contributed by atoms with Crippen molar-refractivity contribution in [2.24, 2.45) is 0 Å². The minimum Gasteiger partial charge on any atom is -0.490 e. The molecule has 1 saturated heterocycles. The molecule has 0 amide bonds. The number of nitrogens with zero attached hydrogens (tertiary/aromatic N) is 1. The van der Waals surface area contributed by atoms with Crippen molar-refractivity contribution in [1.29, 1.82) is 0 Å². The maximum Gasteiger partial charge on any atom is 0.243 e. The Morgan fingerprint density at radius 3 is 2.79 bits per heavy atom. The van der Waals surface area contributed by atoms with Crippen LogP contribution in [0.2, 0.25) is 0 Å². The summed E-state index contributed by atoms with van der Waals surface area (Å²) in [5, 5.41) is 3.16. The number of benzene rings is 1. The lowest BCUT2D eigenvalue weighted by Crippen LogP contribution is -2.46. The fraction of sp³-hybridized carbons (Fsp3) is 0.538. The molecule has 19 heavy (non-hydrogen) atoms. The molecule has 3 rings (SSSR count). The SMILES string of the molecule is CC1Cc2cc(S(=O)(=O)N3CCNCC3)ccc2O1. The lowest BCUT2D eigenvalue weighted by molar-refractivity contribution is 0.254. The van der Waals surface area contributed by atoms with E-state index in [0.29, 0.717) is 31.1 Å². The predicted octanol–water partition coefficient (Wildman–Crippen LogP) is 0.604. The molecule has 1 aromatic carbocycles. The second kappa shape index (κ2) is 4.77. The summed E-state index contributed by atoms with van der Waals surface area (Å²) in [6, 6.07) is 5.18. The van der Waals surface area contributed by atoms with Crippen molar-refractivity contribution < 1.29 is 13.2 Å². The predicted molar refractivity (Wildman–Crippen MR) is 71.9 cm³/mol. The fourth-order valence-electron chi connectivity index (χ4n) is 2.59. The van der Waals surface area contributed by atoms with Gasteiger partial charge in [-0.2, -0.15) is 4.31 Å². The van der Waals surface area contributed by atoms with Crippen LogP contribution in [0.25, 0.3) is 0 Å². The van der Waals surface area contributed by atoms with E-state index in [1.54, 1.807) is 22.5 Å². The molecule has 0 aromatic heterocycles. The summed E-state index contributed by atoms with van der Waals surface area (Å²) in [6.07, 6.45) is 0.910. The van der Waals surface area contributed by atoms with E-state index < -0.39 is 10.0 Å². The van der Waals surface area contributed by atoms with Gasteiger partial charge in [0, 0.05) is 32.6 Å². The molecular formula is C13H18N2O3S. The van der Waals surface area contributed by atoms with Crippen molar-refractivity contribution in [3.63, 3.8) is 0 Å². The van der Waals surface area contributed by atoms with E-state index in [1.807, 2.05) is 6.92 Å². The van der Waals surface area contributed by atoms with E-state index in [-0.39, 0.29) is 6.10 Å². The van der Waals surface area contributed by atoms with Crippen LogP contribution in [-0.2, 0) is 16.4 Å². The average molecular weight is 282 g/mol. The van der Waals surface area contributed by atoms with Crippen molar-refractivity contribution >= 4 is 10.0 Å². The molecule has 5 nitrogen and oxygen atoms in total. The molecule has 2 aliphatic rings. The van der Waals surface area contributed by atoms with E-state index >= 15 is 0 Å². The summed E-state index contributed by atoms with van der Waals surface area (Å²) >= 11 is 0. The van der Waals surface area contributed by atoms with Crippen molar-refractivity contribution in [3.05, 3.63) is 23.8 Å². The van der Waals surface area contributed by atoms with Crippen LogP contribution in [0.15, 0.2) is 23.1 Å². The molecule has 6 heteroatoms.